The number of benzene rings is 1. The molecule has 1 amide bonds. The predicted octanol–water partition coefficient (Wildman–Crippen LogP) is 2.44. The molecule has 146 valence electrons. The number of halogens is 2. The van der Waals surface area contributed by atoms with E-state index >= 15 is 0 Å². The van der Waals surface area contributed by atoms with Crippen LogP contribution in [0, 0.1) is 11.7 Å². The quantitative estimate of drug-likeness (QED) is 0.745. The van der Waals surface area contributed by atoms with E-state index in [0.717, 1.165) is 0 Å². The Balaban J connectivity index is 1.62. The highest BCUT2D eigenvalue weighted by molar-refractivity contribution is 9.10. The van der Waals surface area contributed by atoms with Crippen molar-refractivity contribution in [2.45, 2.75) is 19.4 Å². The van der Waals surface area contributed by atoms with E-state index in [9.17, 15) is 17.6 Å². The summed E-state index contributed by atoms with van der Waals surface area (Å²) in [5.41, 5.74) is 0.499. The van der Waals surface area contributed by atoms with Crippen LogP contribution in [0.3, 0.4) is 0 Å². The van der Waals surface area contributed by atoms with Crippen molar-refractivity contribution in [2.24, 2.45) is 5.92 Å². The van der Waals surface area contributed by atoms with Crippen molar-refractivity contribution in [2.75, 3.05) is 24.7 Å². The van der Waals surface area contributed by atoms with Crippen LogP contribution >= 0.6 is 15.9 Å². The topological polar surface area (TPSA) is 84.3 Å². The average Bonchev–Trinajstić information content (AvgIpc) is 2.95. The van der Waals surface area contributed by atoms with Crippen molar-refractivity contribution < 1.29 is 17.6 Å². The third kappa shape index (κ3) is 4.94. The van der Waals surface area contributed by atoms with Crippen molar-refractivity contribution in [3.8, 4) is 0 Å². The van der Waals surface area contributed by atoms with Gasteiger partial charge in [-0.2, -0.15) is 5.10 Å². The van der Waals surface area contributed by atoms with Gasteiger partial charge in [-0.3, -0.25) is 9.48 Å². The van der Waals surface area contributed by atoms with Gasteiger partial charge < -0.3 is 5.32 Å². The molecule has 3 rings (SSSR count). The number of rotatable bonds is 5. The molecule has 2 heterocycles. The Kier molecular flexibility index (Phi) is 5.97. The fraction of sp³-hybridized carbons (Fsp3) is 0.412. The normalized spacial score (nSPS) is 16.4. The van der Waals surface area contributed by atoms with E-state index in [0.29, 0.717) is 41.8 Å². The van der Waals surface area contributed by atoms with Crippen molar-refractivity contribution in [1.29, 1.82) is 0 Å². The number of amides is 1. The first-order valence-electron chi connectivity index (χ1n) is 8.46. The molecule has 1 aromatic heterocycles. The van der Waals surface area contributed by atoms with E-state index in [1.54, 1.807) is 29.1 Å². The van der Waals surface area contributed by atoms with Gasteiger partial charge in [0.05, 0.1) is 17.3 Å². The van der Waals surface area contributed by atoms with Crippen LogP contribution in [0.5, 0.6) is 0 Å². The van der Waals surface area contributed by atoms with Crippen molar-refractivity contribution in [3.63, 3.8) is 0 Å². The minimum absolute atomic E-state index is 0.194. The molecule has 1 aromatic carbocycles. The van der Waals surface area contributed by atoms with Gasteiger partial charge in [-0.05, 0) is 34.8 Å². The molecule has 10 heteroatoms. The van der Waals surface area contributed by atoms with Gasteiger partial charge in [-0.15, -0.1) is 0 Å². The molecule has 7 nitrogen and oxygen atoms in total. The number of carbonyl (C=O) groups is 1. The van der Waals surface area contributed by atoms with Crippen molar-refractivity contribution in [3.05, 3.63) is 46.3 Å². The largest absolute Gasteiger partial charge is 0.308 e. The smallest absolute Gasteiger partial charge is 0.228 e. The van der Waals surface area contributed by atoms with Crippen LogP contribution in [0.25, 0.3) is 0 Å². The number of anilines is 1. The Morgan fingerprint density at radius 1 is 1.33 bits per heavy atom. The molecule has 1 fully saturated rings. The molecule has 1 saturated heterocycles. The summed E-state index contributed by atoms with van der Waals surface area (Å²) in [5, 5.41) is 7.07. The molecule has 1 aliphatic heterocycles. The third-order valence-corrected chi connectivity index (χ3v) is 6.43. The molecule has 2 aromatic rings. The highest BCUT2D eigenvalue weighted by Gasteiger charge is 2.29. The Morgan fingerprint density at radius 3 is 2.63 bits per heavy atom. The Bertz CT molecular complexity index is 939. The first-order valence-corrected chi connectivity index (χ1v) is 11.1. The van der Waals surface area contributed by atoms with E-state index in [2.05, 4.69) is 26.3 Å². The lowest BCUT2D eigenvalue weighted by Gasteiger charge is -2.29. The Hall–Kier alpha value is -1.78. The van der Waals surface area contributed by atoms with Crippen LogP contribution in [0.15, 0.2) is 34.9 Å². The van der Waals surface area contributed by atoms with Gasteiger partial charge in [0.1, 0.15) is 5.82 Å². The summed E-state index contributed by atoms with van der Waals surface area (Å²) in [6.45, 7) is 0.910. The second-order valence-corrected chi connectivity index (χ2v) is 9.38. The molecule has 0 unspecified atom stereocenters. The monoisotopic (exact) mass is 458 g/mol. The molecule has 0 radical (unpaired) electrons. The lowest BCUT2D eigenvalue weighted by atomic mass is 9.97. The van der Waals surface area contributed by atoms with Crippen LogP contribution in [0.2, 0.25) is 0 Å². The highest BCUT2D eigenvalue weighted by atomic mass is 79.9. The predicted molar refractivity (Wildman–Crippen MR) is 103 cm³/mol. The standard InChI is InChI=1S/C17H20BrFN4O3S/c1-27(25,26)23-8-6-12(7-9-23)17(24)20-16-14(18)11-22(21-16)10-13-4-2-3-5-15(13)19/h2-5,11-12H,6-10H2,1H3,(H,20,21,24). The summed E-state index contributed by atoms with van der Waals surface area (Å²) in [7, 11) is -3.22. The molecular weight excluding hydrogens is 439 g/mol. The number of aromatic nitrogens is 2. The maximum Gasteiger partial charge on any atom is 0.228 e. The van der Waals surface area contributed by atoms with Gasteiger partial charge in [0.25, 0.3) is 0 Å². The van der Waals surface area contributed by atoms with Gasteiger partial charge >= 0.3 is 0 Å². The molecule has 0 bridgehead atoms. The van der Waals surface area contributed by atoms with Gasteiger partial charge in [0.15, 0.2) is 5.82 Å². The van der Waals surface area contributed by atoms with Gasteiger partial charge in [0.2, 0.25) is 15.9 Å². The van der Waals surface area contributed by atoms with Crippen LogP contribution < -0.4 is 5.32 Å². The molecule has 0 spiro atoms. The van der Waals surface area contributed by atoms with Crippen molar-refractivity contribution >= 4 is 37.7 Å². The first kappa shape index (κ1) is 20.0. The number of sulfonamides is 1. The molecule has 1 aliphatic rings. The molecule has 0 atom stereocenters. The fourth-order valence-electron chi connectivity index (χ4n) is 3.03. The average molecular weight is 459 g/mol. The molecule has 0 saturated carbocycles. The lowest BCUT2D eigenvalue weighted by molar-refractivity contribution is -0.120. The number of nitrogens with one attached hydrogen (secondary N) is 1. The van der Waals surface area contributed by atoms with Crippen LogP contribution in [0.1, 0.15) is 18.4 Å². The molecular formula is C17H20BrFN4O3S. The summed E-state index contributed by atoms with van der Waals surface area (Å²) in [5.74, 6) is -0.416. The van der Waals surface area contributed by atoms with E-state index in [1.165, 1.54) is 16.6 Å². The number of carbonyl (C=O) groups excluding carboxylic acids is 1. The number of hydrogen-bond acceptors (Lipinski definition) is 4. The summed E-state index contributed by atoms with van der Waals surface area (Å²) >= 11 is 3.36. The zero-order chi connectivity index (χ0) is 19.6. The molecule has 1 N–H and O–H groups in total. The van der Waals surface area contributed by atoms with Crippen LogP contribution in [0.4, 0.5) is 10.2 Å². The van der Waals surface area contributed by atoms with Gasteiger partial charge in [-0.25, -0.2) is 17.1 Å². The second-order valence-electron chi connectivity index (χ2n) is 6.54. The first-order chi connectivity index (χ1) is 12.7. The van der Waals surface area contributed by atoms with Crippen LogP contribution in [-0.4, -0.2) is 47.8 Å². The van der Waals surface area contributed by atoms with Crippen LogP contribution in [-0.2, 0) is 21.4 Å². The third-order valence-electron chi connectivity index (χ3n) is 4.54. The van der Waals surface area contributed by atoms with E-state index in [4.69, 9.17) is 0 Å². The number of nitrogens with zero attached hydrogens (tertiary/aromatic N) is 3. The number of piperidine rings is 1. The summed E-state index contributed by atoms with van der Waals surface area (Å²) in [6, 6.07) is 6.44. The van der Waals surface area contributed by atoms with Crippen molar-refractivity contribution in [1.82, 2.24) is 14.1 Å². The lowest BCUT2D eigenvalue weighted by Crippen LogP contribution is -2.40. The Morgan fingerprint density at radius 2 is 2.00 bits per heavy atom. The summed E-state index contributed by atoms with van der Waals surface area (Å²) in [6.07, 6.45) is 3.78. The zero-order valence-electron chi connectivity index (χ0n) is 14.7. The fourth-order valence-corrected chi connectivity index (χ4v) is 4.32. The van der Waals surface area contributed by atoms with E-state index in [1.807, 2.05) is 0 Å². The molecule has 27 heavy (non-hydrogen) atoms. The Labute approximate surface area is 165 Å². The molecule has 0 aliphatic carbocycles. The maximum absolute atomic E-state index is 13.8. The zero-order valence-corrected chi connectivity index (χ0v) is 17.1. The number of hydrogen-bond donors (Lipinski definition) is 1. The minimum atomic E-state index is -3.22. The minimum Gasteiger partial charge on any atom is -0.308 e. The van der Waals surface area contributed by atoms with E-state index < -0.39 is 10.0 Å². The second kappa shape index (κ2) is 8.07. The van der Waals surface area contributed by atoms with E-state index in [-0.39, 0.29) is 24.2 Å². The summed E-state index contributed by atoms with van der Waals surface area (Å²) in [4.78, 5) is 12.5. The summed E-state index contributed by atoms with van der Waals surface area (Å²) < 4.78 is 40.4. The van der Waals surface area contributed by atoms with Gasteiger partial charge in [-0.1, -0.05) is 18.2 Å². The van der Waals surface area contributed by atoms with Gasteiger partial charge in [0, 0.05) is 30.8 Å². The SMILES string of the molecule is CS(=O)(=O)N1CCC(C(=O)Nc2nn(Cc3ccccc3F)cc2Br)CC1. The highest BCUT2D eigenvalue weighted by Crippen LogP contribution is 2.25. The maximum atomic E-state index is 13.8.